The molecular formula is C15H20FN3O. The number of nitrogens with zero attached hydrogens (tertiary/aromatic N) is 2. The number of anilines is 1. The minimum absolute atomic E-state index is 0.312. The van der Waals surface area contributed by atoms with Crippen LogP contribution in [-0.4, -0.2) is 18.6 Å². The molecule has 1 N–H and O–H groups in total. The van der Waals surface area contributed by atoms with Gasteiger partial charge in [-0.2, -0.15) is 0 Å². The van der Waals surface area contributed by atoms with Gasteiger partial charge in [-0.1, -0.05) is 6.92 Å². The van der Waals surface area contributed by atoms with E-state index in [0.717, 1.165) is 30.1 Å². The van der Waals surface area contributed by atoms with Gasteiger partial charge in [0.2, 0.25) is 0 Å². The Morgan fingerprint density at radius 3 is 3.00 bits per heavy atom. The molecule has 5 heteroatoms. The minimum atomic E-state index is -0.312. The van der Waals surface area contributed by atoms with Gasteiger partial charge in [-0.3, -0.25) is 0 Å². The zero-order valence-electron chi connectivity index (χ0n) is 11.9. The van der Waals surface area contributed by atoms with Crippen LogP contribution in [-0.2, 0) is 13.1 Å². The topological polar surface area (TPSA) is 41.3 Å². The Morgan fingerprint density at radius 2 is 2.30 bits per heavy atom. The molecule has 20 heavy (non-hydrogen) atoms. The molecule has 0 bridgehead atoms. The lowest BCUT2D eigenvalue weighted by molar-refractivity contribution is 0.506. The second kappa shape index (κ2) is 7.05. The van der Waals surface area contributed by atoms with Crippen molar-refractivity contribution in [3.63, 3.8) is 0 Å². The summed E-state index contributed by atoms with van der Waals surface area (Å²) in [6.45, 7) is 4.21. The summed E-state index contributed by atoms with van der Waals surface area (Å²) in [4.78, 5) is 6.17. The molecule has 0 saturated carbocycles. The second-order valence-corrected chi connectivity index (χ2v) is 4.75. The molecule has 2 aromatic rings. The number of rotatable bonds is 7. The van der Waals surface area contributed by atoms with Crippen LogP contribution in [0.2, 0.25) is 0 Å². The van der Waals surface area contributed by atoms with Gasteiger partial charge >= 0.3 is 0 Å². The standard InChI is InChI=1S/C15H20FN3O/c1-3-6-17-9-12-8-13(16)10-18-15(12)19(2)11-14-5-4-7-20-14/h4-5,7-8,10,17H,3,6,9,11H2,1-2H3. The Balaban J connectivity index is 2.12. The van der Waals surface area contributed by atoms with Crippen LogP contribution >= 0.6 is 0 Å². The van der Waals surface area contributed by atoms with Gasteiger partial charge in [-0.05, 0) is 31.2 Å². The van der Waals surface area contributed by atoms with Crippen LogP contribution in [0.1, 0.15) is 24.7 Å². The number of nitrogens with one attached hydrogen (secondary N) is 1. The highest BCUT2D eigenvalue weighted by molar-refractivity contribution is 5.46. The Morgan fingerprint density at radius 1 is 1.45 bits per heavy atom. The van der Waals surface area contributed by atoms with Crippen LogP contribution in [0.25, 0.3) is 0 Å². The number of aromatic nitrogens is 1. The maximum absolute atomic E-state index is 13.4. The van der Waals surface area contributed by atoms with Gasteiger partial charge < -0.3 is 14.6 Å². The van der Waals surface area contributed by atoms with Gasteiger partial charge in [0.05, 0.1) is 19.0 Å². The smallest absolute Gasteiger partial charge is 0.141 e. The molecule has 0 atom stereocenters. The molecule has 0 aliphatic rings. The lowest BCUT2D eigenvalue weighted by Crippen LogP contribution is -2.22. The molecule has 0 aromatic carbocycles. The summed E-state index contributed by atoms with van der Waals surface area (Å²) in [7, 11) is 1.92. The van der Waals surface area contributed by atoms with Gasteiger partial charge in [-0.15, -0.1) is 0 Å². The zero-order valence-corrected chi connectivity index (χ0v) is 11.9. The first-order chi connectivity index (χ1) is 9.70. The third-order valence-corrected chi connectivity index (χ3v) is 2.99. The molecule has 0 spiro atoms. The summed E-state index contributed by atoms with van der Waals surface area (Å²) < 4.78 is 18.7. The average Bonchev–Trinajstić information content (AvgIpc) is 2.92. The third-order valence-electron chi connectivity index (χ3n) is 2.99. The van der Waals surface area contributed by atoms with Crippen molar-refractivity contribution in [3.05, 3.63) is 47.8 Å². The van der Waals surface area contributed by atoms with E-state index in [-0.39, 0.29) is 5.82 Å². The quantitative estimate of drug-likeness (QED) is 0.790. The van der Waals surface area contributed by atoms with Gasteiger partial charge in [0.1, 0.15) is 17.4 Å². The fourth-order valence-electron chi connectivity index (χ4n) is 2.06. The van der Waals surface area contributed by atoms with E-state index < -0.39 is 0 Å². The zero-order chi connectivity index (χ0) is 14.4. The van der Waals surface area contributed by atoms with E-state index in [1.807, 2.05) is 24.1 Å². The van der Waals surface area contributed by atoms with Crippen molar-refractivity contribution in [3.8, 4) is 0 Å². The van der Waals surface area contributed by atoms with Crippen molar-refractivity contribution in [1.29, 1.82) is 0 Å². The third kappa shape index (κ3) is 3.81. The van der Waals surface area contributed by atoms with Crippen molar-refractivity contribution in [2.24, 2.45) is 0 Å². The van der Waals surface area contributed by atoms with E-state index in [4.69, 9.17) is 4.42 Å². The highest BCUT2D eigenvalue weighted by Gasteiger charge is 2.11. The summed E-state index contributed by atoms with van der Waals surface area (Å²) in [5, 5.41) is 3.28. The Bertz CT molecular complexity index is 528. The number of halogens is 1. The molecule has 0 aliphatic heterocycles. The summed E-state index contributed by atoms with van der Waals surface area (Å²) in [6, 6.07) is 5.30. The first-order valence-corrected chi connectivity index (χ1v) is 6.79. The fourth-order valence-corrected chi connectivity index (χ4v) is 2.06. The lowest BCUT2D eigenvalue weighted by Gasteiger charge is -2.20. The largest absolute Gasteiger partial charge is 0.467 e. The molecule has 2 aromatic heterocycles. The van der Waals surface area contributed by atoms with Gasteiger partial charge in [0.15, 0.2) is 0 Å². The van der Waals surface area contributed by atoms with Gasteiger partial charge in [-0.25, -0.2) is 9.37 Å². The first-order valence-electron chi connectivity index (χ1n) is 6.79. The molecule has 0 aliphatic carbocycles. The minimum Gasteiger partial charge on any atom is -0.467 e. The van der Waals surface area contributed by atoms with Crippen LogP contribution in [0.4, 0.5) is 10.2 Å². The highest BCUT2D eigenvalue weighted by Crippen LogP contribution is 2.19. The van der Waals surface area contributed by atoms with Gasteiger partial charge in [0, 0.05) is 19.2 Å². The van der Waals surface area contributed by atoms with E-state index in [1.165, 1.54) is 12.3 Å². The molecule has 108 valence electrons. The maximum Gasteiger partial charge on any atom is 0.141 e. The van der Waals surface area contributed by atoms with Crippen molar-refractivity contribution in [1.82, 2.24) is 10.3 Å². The van der Waals surface area contributed by atoms with Crippen molar-refractivity contribution in [2.75, 3.05) is 18.5 Å². The highest BCUT2D eigenvalue weighted by atomic mass is 19.1. The van der Waals surface area contributed by atoms with Crippen LogP contribution in [0.3, 0.4) is 0 Å². The SMILES string of the molecule is CCCNCc1cc(F)cnc1N(C)Cc1ccco1. The Hall–Kier alpha value is -1.88. The number of furan rings is 1. The van der Waals surface area contributed by atoms with E-state index in [0.29, 0.717) is 13.1 Å². The molecule has 4 nitrogen and oxygen atoms in total. The Kier molecular flexibility index (Phi) is 5.12. The molecule has 0 amide bonds. The molecule has 0 fully saturated rings. The van der Waals surface area contributed by atoms with Gasteiger partial charge in [0.25, 0.3) is 0 Å². The normalized spacial score (nSPS) is 10.8. The Labute approximate surface area is 118 Å². The molecule has 2 rings (SSSR count). The number of pyridine rings is 1. The maximum atomic E-state index is 13.4. The fraction of sp³-hybridized carbons (Fsp3) is 0.400. The van der Waals surface area contributed by atoms with E-state index in [2.05, 4.69) is 17.2 Å². The molecule has 0 saturated heterocycles. The second-order valence-electron chi connectivity index (χ2n) is 4.75. The van der Waals surface area contributed by atoms with Crippen molar-refractivity contribution < 1.29 is 8.81 Å². The monoisotopic (exact) mass is 277 g/mol. The van der Waals surface area contributed by atoms with E-state index in [1.54, 1.807) is 6.26 Å². The number of hydrogen-bond acceptors (Lipinski definition) is 4. The summed E-state index contributed by atoms with van der Waals surface area (Å²) in [5.74, 6) is 1.31. The summed E-state index contributed by atoms with van der Waals surface area (Å²) in [5.41, 5.74) is 0.854. The van der Waals surface area contributed by atoms with Crippen LogP contribution in [0.5, 0.6) is 0 Å². The van der Waals surface area contributed by atoms with Crippen LogP contribution < -0.4 is 10.2 Å². The molecule has 2 heterocycles. The summed E-state index contributed by atoms with van der Waals surface area (Å²) in [6.07, 6.45) is 3.93. The first kappa shape index (κ1) is 14.5. The predicted molar refractivity (Wildman–Crippen MR) is 77.0 cm³/mol. The van der Waals surface area contributed by atoms with E-state index in [9.17, 15) is 4.39 Å². The van der Waals surface area contributed by atoms with Crippen LogP contribution in [0, 0.1) is 5.82 Å². The van der Waals surface area contributed by atoms with Crippen molar-refractivity contribution >= 4 is 5.82 Å². The van der Waals surface area contributed by atoms with Crippen molar-refractivity contribution in [2.45, 2.75) is 26.4 Å². The van der Waals surface area contributed by atoms with Crippen LogP contribution in [0.15, 0.2) is 35.1 Å². The average molecular weight is 277 g/mol. The lowest BCUT2D eigenvalue weighted by atomic mass is 10.2. The molecule has 0 radical (unpaired) electrons. The van der Waals surface area contributed by atoms with E-state index >= 15 is 0 Å². The number of hydrogen-bond donors (Lipinski definition) is 1. The summed E-state index contributed by atoms with van der Waals surface area (Å²) >= 11 is 0. The molecule has 0 unspecified atom stereocenters. The molecular weight excluding hydrogens is 257 g/mol. The predicted octanol–water partition coefficient (Wildman–Crippen LogP) is 2.95.